The lowest BCUT2D eigenvalue weighted by atomic mass is 10.1. The molecular weight excluding hydrogens is 244 g/mol. The maximum atomic E-state index is 11.3. The summed E-state index contributed by atoms with van der Waals surface area (Å²) in [7, 11) is 3.46. The number of urea groups is 1. The number of rotatable bonds is 5. The molecule has 0 saturated carbocycles. The molecule has 0 radical (unpaired) electrons. The van der Waals surface area contributed by atoms with Crippen LogP contribution in [0.15, 0.2) is 29.2 Å². The van der Waals surface area contributed by atoms with E-state index >= 15 is 0 Å². The molecule has 0 spiro atoms. The van der Waals surface area contributed by atoms with Crippen molar-refractivity contribution in [2.45, 2.75) is 30.4 Å². The third kappa shape index (κ3) is 5.00. The van der Waals surface area contributed by atoms with Gasteiger partial charge in [-0.2, -0.15) is 0 Å². The zero-order valence-electron chi connectivity index (χ0n) is 11.6. The van der Waals surface area contributed by atoms with Crippen LogP contribution in [-0.4, -0.2) is 36.8 Å². The molecule has 100 valence electrons. The Balaban J connectivity index is 2.46. The highest BCUT2D eigenvalue weighted by Gasteiger charge is 2.05. The molecule has 0 unspecified atom stereocenters. The zero-order valence-corrected chi connectivity index (χ0v) is 12.4. The molecule has 0 aliphatic carbocycles. The number of thioether (sulfide) groups is 1. The van der Waals surface area contributed by atoms with Gasteiger partial charge in [-0.05, 0) is 24.1 Å². The Morgan fingerprint density at radius 2 is 1.94 bits per heavy atom. The van der Waals surface area contributed by atoms with Crippen LogP contribution in [0, 0.1) is 0 Å². The van der Waals surface area contributed by atoms with Crippen LogP contribution in [0.5, 0.6) is 0 Å². The Morgan fingerprint density at radius 1 is 1.33 bits per heavy atom. The minimum atomic E-state index is -0.0398. The molecule has 4 heteroatoms. The Kier molecular flexibility index (Phi) is 6.05. The van der Waals surface area contributed by atoms with Crippen LogP contribution >= 0.6 is 11.8 Å². The van der Waals surface area contributed by atoms with E-state index in [4.69, 9.17) is 0 Å². The lowest BCUT2D eigenvalue weighted by Crippen LogP contribution is -2.36. The molecular formula is C14H22N2OS. The summed E-state index contributed by atoms with van der Waals surface area (Å²) in [4.78, 5) is 14.3. The summed E-state index contributed by atoms with van der Waals surface area (Å²) in [5, 5.41) is 3.22. The number of likely N-dealkylation sites (N-methyl/N-ethyl adjacent to an activating group) is 1. The van der Waals surface area contributed by atoms with Gasteiger partial charge in [-0.3, -0.25) is 0 Å². The van der Waals surface area contributed by atoms with E-state index in [0.717, 1.165) is 13.0 Å². The van der Waals surface area contributed by atoms with Gasteiger partial charge in [0, 0.05) is 30.8 Å². The number of amides is 2. The molecule has 0 saturated heterocycles. The molecule has 0 aliphatic rings. The average Bonchev–Trinajstić information content (AvgIpc) is 2.36. The van der Waals surface area contributed by atoms with Crippen molar-refractivity contribution in [1.82, 2.24) is 10.2 Å². The van der Waals surface area contributed by atoms with E-state index in [1.807, 2.05) is 18.8 Å². The van der Waals surface area contributed by atoms with Gasteiger partial charge in [0.05, 0.1) is 0 Å². The van der Waals surface area contributed by atoms with Crippen LogP contribution in [0.25, 0.3) is 0 Å². The van der Waals surface area contributed by atoms with Crippen molar-refractivity contribution in [3.05, 3.63) is 29.8 Å². The fourth-order valence-electron chi connectivity index (χ4n) is 1.60. The first kappa shape index (κ1) is 14.9. The molecule has 18 heavy (non-hydrogen) atoms. The highest BCUT2D eigenvalue weighted by molar-refractivity contribution is 7.99. The molecule has 1 aromatic carbocycles. The summed E-state index contributed by atoms with van der Waals surface area (Å²) in [5.41, 5.74) is 1.26. The summed E-state index contributed by atoms with van der Waals surface area (Å²) in [5.74, 6) is 0. The number of nitrogens with one attached hydrogen (secondary N) is 1. The lowest BCUT2D eigenvalue weighted by Gasteiger charge is -2.16. The SMILES string of the molecule is CNC(=O)N(C)CCc1ccc(SC(C)C)cc1. The summed E-state index contributed by atoms with van der Waals surface area (Å²) in [6.45, 7) is 5.12. The number of hydrogen-bond acceptors (Lipinski definition) is 2. The number of carbonyl (C=O) groups is 1. The van der Waals surface area contributed by atoms with E-state index in [-0.39, 0.29) is 6.03 Å². The number of carbonyl (C=O) groups excluding carboxylic acids is 1. The van der Waals surface area contributed by atoms with E-state index in [9.17, 15) is 4.79 Å². The van der Waals surface area contributed by atoms with Gasteiger partial charge in [0.15, 0.2) is 0 Å². The first-order chi connectivity index (χ1) is 8.52. The Labute approximate surface area is 114 Å². The molecule has 2 amide bonds. The second-order valence-corrected chi connectivity index (χ2v) is 6.19. The molecule has 0 aliphatic heterocycles. The van der Waals surface area contributed by atoms with E-state index in [1.54, 1.807) is 11.9 Å². The third-order valence-electron chi connectivity index (χ3n) is 2.59. The van der Waals surface area contributed by atoms with Gasteiger partial charge in [0.25, 0.3) is 0 Å². The zero-order chi connectivity index (χ0) is 13.5. The average molecular weight is 266 g/mol. The Bertz CT molecular complexity index is 376. The van der Waals surface area contributed by atoms with Gasteiger partial charge < -0.3 is 10.2 Å². The minimum absolute atomic E-state index is 0.0398. The molecule has 0 atom stereocenters. The standard InChI is InChI=1S/C14H22N2OS/c1-11(2)18-13-7-5-12(6-8-13)9-10-16(4)14(17)15-3/h5-8,11H,9-10H2,1-4H3,(H,15,17). The van der Waals surface area contributed by atoms with Crippen LogP contribution in [-0.2, 0) is 6.42 Å². The smallest absolute Gasteiger partial charge is 0.316 e. The molecule has 3 nitrogen and oxygen atoms in total. The van der Waals surface area contributed by atoms with Gasteiger partial charge in [-0.15, -0.1) is 11.8 Å². The summed E-state index contributed by atoms with van der Waals surface area (Å²) in [6, 6.07) is 8.55. The summed E-state index contributed by atoms with van der Waals surface area (Å²) in [6.07, 6.45) is 0.885. The Hall–Kier alpha value is -1.16. The minimum Gasteiger partial charge on any atom is -0.341 e. The highest BCUT2D eigenvalue weighted by atomic mass is 32.2. The monoisotopic (exact) mass is 266 g/mol. The van der Waals surface area contributed by atoms with Crippen molar-refractivity contribution in [2.24, 2.45) is 0 Å². The quantitative estimate of drug-likeness (QED) is 0.831. The number of benzene rings is 1. The first-order valence-electron chi connectivity index (χ1n) is 6.21. The fourth-order valence-corrected chi connectivity index (χ4v) is 2.43. The van der Waals surface area contributed by atoms with E-state index < -0.39 is 0 Å². The fraction of sp³-hybridized carbons (Fsp3) is 0.500. The maximum Gasteiger partial charge on any atom is 0.316 e. The Morgan fingerprint density at radius 3 is 2.44 bits per heavy atom. The molecule has 1 rings (SSSR count). The topological polar surface area (TPSA) is 32.3 Å². The van der Waals surface area contributed by atoms with Crippen molar-refractivity contribution in [1.29, 1.82) is 0 Å². The molecule has 0 fully saturated rings. The van der Waals surface area contributed by atoms with Crippen LogP contribution < -0.4 is 5.32 Å². The second kappa shape index (κ2) is 7.31. The molecule has 1 aromatic rings. The van der Waals surface area contributed by atoms with Crippen molar-refractivity contribution in [2.75, 3.05) is 20.6 Å². The van der Waals surface area contributed by atoms with Crippen molar-refractivity contribution >= 4 is 17.8 Å². The third-order valence-corrected chi connectivity index (χ3v) is 3.61. The largest absolute Gasteiger partial charge is 0.341 e. The summed E-state index contributed by atoms with van der Waals surface area (Å²) < 4.78 is 0. The first-order valence-corrected chi connectivity index (χ1v) is 7.09. The number of hydrogen-bond donors (Lipinski definition) is 1. The predicted molar refractivity (Wildman–Crippen MR) is 78.2 cm³/mol. The molecule has 1 N–H and O–H groups in total. The van der Waals surface area contributed by atoms with Gasteiger partial charge in [-0.1, -0.05) is 26.0 Å². The molecule has 0 heterocycles. The van der Waals surface area contributed by atoms with E-state index in [0.29, 0.717) is 5.25 Å². The normalized spacial score (nSPS) is 10.5. The van der Waals surface area contributed by atoms with E-state index in [2.05, 4.69) is 43.4 Å². The van der Waals surface area contributed by atoms with Gasteiger partial charge in [0.1, 0.15) is 0 Å². The van der Waals surface area contributed by atoms with Crippen molar-refractivity contribution < 1.29 is 4.79 Å². The van der Waals surface area contributed by atoms with Gasteiger partial charge in [0.2, 0.25) is 0 Å². The molecule has 0 bridgehead atoms. The predicted octanol–water partition coefficient (Wildman–Crippen LogP) is 3.00. The van der Waals surface area contributed by atoms with E-state index in [1.165, 1.54) is 10.5 Å². The van der Waals surface area contributed by atoms with Crippen LogP contribution in [0.3, 0.4) is 0 Å². The maximum absolute atomic E-state index is 11.3. The summed E-state index contributed by atoms with van der Waals surface area (Å²) >= 11 is 1.87. The van der Waals surface area contributed by atoms with Gasteiger partial charge in [-0.25, -0.2) is 4.79 Å². The van der Waals surface area contributed by atoms with Gasteiger partial charge >= 0.3 is 6.03 Å². The van der Waals surface area contributed by atoms with Crippen LogP contribution in [0.4, 0.5) is 4.79 Å². The van der Waals surface area contributed by atoms with Crippen molar-refractivity contribution in [3.63, 3.8) is 0 Å². The van der Waals surface area contributed by atoms with Crippen molar-refractivity contribution in [3.8, 4) is 0 Å². The number of nitrogens with zero attached hydrogens (tertiary/aromatic N) is 1. The van der Waals surface area contributed by atoms with Crippen LogP contribution in [0.2, 0.25) is 0 Å². The van der Waals surface area contributed by atoms with Crippen LogP contribution in [0.1, 0.15) is 19.4 Å². The molecule has 0 aromatic heterocycles. The lowest BCUT2D eigenvalue weighted by molar-refractivity contribution is 0.211. The second-order valence-electron chi connectivity index (χ2n) is 4.54. The highest BCUT2D eigenvalue weighted by Crippen LogP contribution is 2.22.